The van der Waals surface area contributed by atoms with Crippen LogP contribution in [0, 0.1) is 0 Å². The van der Waals surface area contributed by atoms with Gasteiger partial charge in [-0.2, -0.15) is 13.2 Å². The normalized spacial score (nSPS) is 12.7. The van der Waals surface area contributed by atoms with Crippen molar-refractivity contribution in [3.05, 3.63) is 82.9 Å². The summed E-state index contributed by atoms with van der Waals surface area (Å²) in [7, 11) is 0. The Morgan fingerprint density at radius 1 is 1.06 bits per heavy atom. The summed E-state index contributed by atoms with van der Waals surface area (Å²) in [6.07, 6.45) is -1.46. The molecule has 5 rings (SSSR count). The Hall–Kier alpha value is -4.48. The van der Waals surface area contributed by atoms with Gasteiger partial charge in [0.25, 0.3) is 5.56 Å². The number of benzene rings is 2. The van der Waals surface area contributed by atoms with Crippen molar-refractivity contribution >= 4 is 33.6 Å². The van der Waals surface area contributed by atoms with Crippen molar-refractivity contribution in [2.24, 2.45) is 0 Å². The summed E-state index contributed by atoms with van der Waals surface area (Å²) >= 11 is 0. The Morgan fingerprint density at radius 3 is 2.60 bits per heavy atom. The van der Waals surface area contributed by atoms with Gasteiger partial charge >= 0.3 is 6.18 Å². The fraction of sp³-hybridized carbons (Fsp3) is 0.174. The predicted molar refractivity (Wildman–Crippen MR) is 125 cm³/mol. The topological polar surface area (TPSA) is 113 Å². The fourth-order valence-corrected chi connectivity index (χ4v) is 3.86. The first-order chi connectivity index (χ1) is 16.9. The van der Waals surface area contributed by atoms with Crippen molar-refractivity contribution in [2.75, 3.05) is 10.7 Å². The lowest BCUT2D eigenvalue weighted by atomic mass is 10.1. The lowest BCUT2D eigenvalue weighted by molar-refractivity contribution is -0.136. The van der Waals surface area contributed by atoms with E-state index in [4.69, 9.17) is 0 Å². The number of hydrogen-bond donors (Lipinski definition) is 3. The molecule has 0 spiro atoms. The molecule has 3 heterocycles. The second kappa shape index (κ2) is 8.70. The monoisotopic (exact) mass is 480 g/mol. The molecule has 3 aromatic heterocycles. The smallest absolute Gasteiger partial charge is 0.358 e. The molecule has 178 valence electrons. The quantitative estimate of drug-likeness (QED) is 0.327. The standard InChI is InChI=1S/C23H19F3N8O/c1-2-15(31-20-18-19(28-11-27-18)29-12-30-20)21-32-16-10-6-9-14(23(24,25)26)17(16)22(35)34(21)33-13-7-4-3-5-8-13/h3-12,15,33H,2H2,1H3,(H2,27,28,29,30,31)/t15-/m0/s1. The molecule has 0 aliphatic carbocycles. The number of anilines is 2. The fourth-order valence-electron chi connectivity index (χ4n) is 3.86. The molecular formula is C23H19F3N8O. The van der Waals surface area contributed by atoms with Crippen LogP contribution in [0.15, 0.2) is 66.0 Å². The number of aromatic nitrogens is 6. The van der Waals surface area contributed by atoms with Crippen LogP contribution >= 0.6 is 0 Å². The van der Waals surface area contributed by atoms with Gasteiger partial charge in [-0.25, -0.2) is 24.6 Å². The first-order valence-corrected chi connectivity index (χ1v) is 10.7. The molecule has 0 aliphatic rings. The van der Waals surface area contributed by atoms with Crippen LogP contribution in [-0.2, 0) is 6.18 Å². The average Bonchev–Trinajstić information content (AvgIpc) is 3.34. The van der Waals surface area contributed by atoms with E-state index in [9.17, 15) is 18.0 Å². The average molecular weight is 480 g/mol. The van der Waals surface area contributed by atoms with E-state index >= 15 is 0 Å². The highest BCUT2D eigenvalue weighted by molar-refractivity contribution is 5.83. The number of para-hydroxylation sites is 1. The molecule has 0 saturated carbocycles. The Morgan fingerprint density at radius 2 is 1.86 bits per heavy atom. The lowest BCUT2D eigenvalue weighted by Gasteiger charge is -2.23. The van der Waals surface area contributed by atoms with E-state index in [1.165, 1.54) is 24.8 Å². The van der Waals surface area contributed by atoms with Crippen molar-refractivity contribution in [1.82, 2.24) is 29.6 Å². The van der Waals surface area contributed by atoms with Gasteiger partial charge < -0.3 is 10.3 Å². The molecule has 0 saturated heterocycles. The van der Waals surface area contributed by atoms with Gasteiger partial charge in [-0.15, -0.1) is 0 Å². The lowest BCUT2D eigenvalue weighted by Crippen LogP contribution is -2.34. The summed E-state index contributed by atoms with van der Waals surface area (Å²) in [6, 6.07) is 11.6. The van der Waals surface area contributed by atoms with Crippen molar-refractivity contribution in [1.29, 1.82) is 0 Å². The zero-order chi connectivity index (χ0) is 24.6. The SMILES string of the molecule is CC[C@H](Nc1ncnc2nc[nH]c12)c1nc2cccc(C(F)(F)F)c2c(=O)n1Nc1ccccc1. The molecule has 0 unspecified atom stereocenters. The molecule has 9 nitrogen and oxygen atoms in total. The van der Waals surface area contributed by atoms with Gasteiger partial charge in [-0.1, -0.05) is 31.2 Å². The predicted octanol–water partition coefficient (Wildman–Crippen LogP) is 4.52. The number of halogens is 3. The number of alkyl halides is 3. The molecule has 3 N–H and O–H groups in total. The highest BCUT2D eigenvalue weighted by Gasteiger charge is 2.35. The number of nitrogens with zero attached hydrogens (tertiary/aromatic N) is 5. The first kappa shape index (κ1) is 22.3. The van der Waals surface area contributed by atoms with Gasteiger partial charge in [0.05, 0.1) is 34.5 Å². The number of rotatable bonds is 6. The van der Waals surface area contributed by atoms with Crippen LogP contribution < -0.4 is 16.3 Å². The van der Waals surface area contributed by atoms with Crippen molar-refractivity contribution in [3.63, 3.8) is 0 Å². The molecule has 35 heavy (non-hydrogen) atoms. The summed E-state index contributed by atoms with van der Waals surface area (Å²) in [5.74, 6) is 0.614. The Bertz CT molecular complexity index is 1560. The van der Waals surface area contributed by atoms with Crippen molar-refractivity contribution in [3.8, 4) is 0 Å². The van der Waals surface area contributed by atoms with Crippen molar-refractivity contribution < 1.29 is 13.2 Å². The minimum absolute atomic E-state index is 0.0550. The summed E-state index contributed by atoms with van der Waals surface area (Å²) in [5, 5.41) is 2.72. The van der Waals surface area contributed by atoms with Gasteiger partial charge in [-0.3, -0.25) is 10.2 Å². The number of fused-ring (bicyclic) bond motifs is 2. The van der Waals surface area contributed by atoms with Crippen LogP contribution in [0.3, 0.4) is 0 Å². The second-order valence-corrected chi connectivity index (χ2v) is 7.71. The van der Waals surface area contributed by atoms with Gasteiger partial charge in [0.15, 0.2) is 17.3 Å². The maximum atomic E-state index is 13.8. The molecule has 1 atom stereocenters. The minimum atomic E-state index is -4.72. The molecule has 12 heteroatoms. The maximum absolute atomic E-state index is 13.8. The summed E-state index contributed by atoms with van der Waals surface area (Å²) < 4.78 is 42.3. The van der Waals surface area contributed by atoms with Crippen LogP contribution in [0.1, 0.15) is 30.8 Å². The Labute approximate surface area is 196 Å². The highest BCUT2D eigenvalue weighted by atomic mass is 19.4. The number of H-pyrrole nitrogens is 1. The number of aromatic amines is 1. The molecule has 5 aromatic rings. The number of hydrogen-bond acceptors (Lipinski definition) is 7. The zero-order valence-corrected chi connectivity index (χ0v) is 18.3. The molecule has 0 radical (unpaired) electrons. The number of imidazole rings is 1. The molecule has 0 fully saturated rings. The minimum Gasteiger partial charge on any atom is -0.358 e. The molecule has 0 amide bonds. The Kier molecular flexibility index (Phi) is 5.55. The molecule has 0 aliphatic heterocycles. The zero-order valence-electron chi connectivity index (χ0n) is 18.3. The number of nitrogens with one attached hydrogen (secondary N) is 3. The summed E-state index contributed by atoms with van der Waals surface area (Å²) in [6.45, 7) is 1.86. The first-order valence-electron chi connectivity index (χ1n) is 10.7. The van der Waals surface area contributed by atoms with Gasteiger partial charge in [0.2, 0.25) is 0 Å². The van der Waals surface area contributed by atoms with E-state index in [1.54, 1.807) is 30.3 Å². The van der Waals surface area contributed by atoms with E-state index in [-0.39, 0.29) is 11.3 Å². The third-order valence-electron chi connectivity index (χ3n) is 5.50. The van der Waals surface area contributed by atoms with E-state index in [1.807, 2.05) is 6.92 Å². The van der Waals surface area contributed by atoms with Crippen LogP contribution in [0.5, 0.6) is 0 Å². The largest absolute Gasteiger partial charge is 0.417 e. The maximum Gasteiger partial charge on any atom is 0.417 e. The third-order valence-corrected chi connectivity index (χ3v) is 5.50. The van der Waals surface area contributed by atoms with Crippen molar-refractivity contribution in [2.45, 2.75) is 25.6 Å². The van der Waals surface area contributed by atoms with Gasteiger partial charge in [0.1, 0.15) is 11.8 Å². The van der Waals surface area contributed by atoms with Crippen LogP contribution in [0.2, 0.25) is 0 Å². The van der Waals surface area contributed by atoms with E-state index in [0.29, 0.717) is 29.1 Å². The third kappa shape index (κ3) is 4.14. The Balaban J connectivity index is 1.71. The van der Waals surface area contributed by atoms with E-state index < -0.39 is 28.7 Å². The van der Waals surface area contributed by atoms with Crippen LogP contribution in [-0.4, -0.2) is 29.6 Å². The van der Waals surface area contributed by atoms with Crippen LogP contribution in [0.4, 0.5) is 24.7 Å². The molecule has 0 bridgehead atoms. The van der Waals surface area contributed by atoms with Gasteiger partial charge in [-0.05, 0) is 30.7 Å². The van der Waals surface area contributed by atoms with E-state index in [2.05, 4.69) is 35.7 Å². The van der Waals surface area contributed by atoms with Crippen LogP contribution in [0.25, 0.3) is 22.1 Å². The van der Waals surface area contributed by atoms with E-state index in [0.717, 1.165) is 10.7 Å². The summed E-state index contributed by atoms with van der Waals surface area (Å²) in [5.41, 5.74) is 2.47. The second-order valence-electron chi connectivity index (χ2n) is 7.71. The molecular weight excluding hydrogens is 461 g/mol. The highest BCUT2D eigenvalue weighted by Crippen LogP contribution is 2.33. The molecule has 2 aromatic carbocycles. The summed E-state index contributed by atoms with van der Waals surface area (Å²) in [4.78, 5) is 33.5. The van der Waals surface area contributed by atoms with Gasteiger partial charge in [0, 0.05) is 0 Å².